The van der Waals surface area contributed by atoms with E-state index in [1.54, 1.807) is 57.3 Å². The van der Waals surface area contributed by atoms with Crippen molar-refractivity contribution in [3.8, 4) is 0 Å². The first-order valence-electron chi connectivity index (χ1n) is 11.5. The lowest BCUT2D eigenvalue weighted by atomic mass is 10.1. The third kappa shape index (κ3) is 7.23. The molecule has 36 heavy (non-hydrogen) atoms. The first-order chi connectivity index (χ1) is 16.9. The number of aromatic nitrogens is 1. The van der Waals surface area contributed by atoms with Crippen LogP contribution in [0.15, 0.2) is 54.9 Å². The highest BCUT2D eigenvalue weighted by Gasteiger charge is 2.49. The van der Waals surface area contributed by atoms with E-state index in [0.717, 1.165) is 5.56 Å². The van der Waals surface area contributed by atoms with Crippen molar-refractivity contribution in [3.63, 3.8) is 0 Å². The second-order valence-corrected chi connectivity index (χ2v) is 9.47. The Balaban J connectivity index is 1.67. The lowest BCUT2D eigenvalue weighted by Gasteiger charge is -2.23. The van der Waals surface area contributed by atoms with Gasteiger partial charge in [0.1, 0.15) is 36.0 Å². The second-order valence-electron chi connectivity index (χ2n) is 9.47. The summed E-state index contributed by atoms with van der Waals surface area (Å²) >= 11 is 0. The third-order valence-corrected chi connectivity index (χ3v) is 5.39. The topological polar surface area (TPSA) is 161 Å². The van der Waals surface area contributed by atoms with Crippen molar-refractivity contribution in [2.24, 2.45) is 5.73 Å². The Morgan fingerprint density at radius 2 is 1.81 bits per heavy atom. The summed E-state index contributed by atoms with van der Waals surface area (Å²) in [5, 5.41) is 23.5. The minimum atomic E-state index is -1.38. The molecule has 1 aromatic carbocycles. The predicted octanol–water partition coefficient (Wildman–Crippen LogP) is 0.371. The average molecular weight is 503 g/mol. The molecule has 11 nitrogen and oxygen atoms in total. The van der Waals surface area contributed by atoms with Crippen LogP contribution >= 0.6 is 0 Å². The number of nitrogens with zero attached hydrogens (tertiary/aromatic N) is 1. The van der Waals surface area contributed by atoms with Crippen molar-refractivity contribution >= 4 is 18.0 Å². The van der Waals surface area contributed by atoms with E-state index in [-0.39, 0.29) is 18.6 Å². The number of esters is 1. The van der Waals surface area contributed by atoms with Crippen LogP contribution in [0, 0.1) is 0 Å². The van der Waals surface area contributed by atoms with E-state index >= 15 is 0 Å². The number of aliphatic hydroxyl groups excluding tert-OH is 2. The summed E-state index contributed by atoms with van der Waals surface area (Å²) in [7, 11) is 0. The standard InChI is InChI=1S/C25H31N3O8/c1-25(2,3)36-24(33)27-17(12-15-8-5-4-6-9-15)23(32)34-14-18-19(29)20(30)22(35-18)28-11-7-10-16(13-28)21(26)31/h4-11,13,17-20,22,29-30H,12,14H2,1-3H3,(H2-,26,27,31,33)/p+1/t17-,18+,19+,20+,22+/m0/s1. The lowest BCUT2D eigenvalue weighted by molar-refractivity contribution is -0.765. The Labute approximate surface area is 208 Å². The number of amides is 2. The highest BCUT2D eigenvalue weighted by molar-refractivity contribution is 5.92. The molecule has 3 rings (SSSR count). The van der Waals surface area contributed by atoms with Crippen LogP contribution in [0.25, 0.3) is 0 Å². The van der Waals surface area contributed by atoms with Crippen LogP contribution < -0.4 is 15.6 Å². The Morgan fingerprint density at radius 1 is 1.11 bits per heavy atom. The molecular weight excluding hydrogens is 470 g/mol. The van der Waals surface area contributed by atoms with Crippen LogP contribution in [0.2, 0.25) is 0 Å². The Hall–Kier alpha value is -3.54. The van der Waals surface area contributed by atoms with Gasteiger partial charge in [0, 0.05) is 12.5 Å². The summed E-state index contributed by atoms with van der Waals surface area (Å²) in [5.41, 5.74) is 5.52. The number of nitrogens with two attached hydrogens (primary N) is 1. The maximum absolute atomic E-state index is 12.9. The molecule has 11 heteroatoms. The van der Waals surface area contributed by atoms with Crippen molar-refractivity contribution < 1.29 is 43.4 Å². The number of hydrogen-bond acceptors (Lipinski definition) is 8. The number of aliphatic hydroxyl groups is 2. The molecular formula is C25H32N3O8+. The molecule has 1 fully saturated rings. The summed E-state index contributed by atoms with van der Waals surface area (Å²) in [4.78, 5) is 36.7. The normalized spacial score (nSPS) is 22.5. The van der Waals surface area contributed by atoms with Gasteiger partial charge in [-0.05, 0) is 32.4 Å². The van der Waals surface area contributed by atoms with Gasteiger partial charge in [-0.1, -0.05) is 30.3 Å². The summed E-state index contributed by atoms with van der Waals surface area (Å²) < 4.78 is 17.8. The van der Waals surface area contributed by atoms with Crippen LogP contribution in [-0.2, 0) is 25.4 Å². The molecule has 0 spiro atoms. The molecule has 2 amide bonds. The fraction of sp³-hybridized carbons (Fsp3) is 0.440. The first-order valence-corrected chi connectivity index (χ1v) is 11.5. The Morgan fingerprint density at radius 3 is 2.44 bits per heavy atom. The van der Waals surface area contributed by atoms with Gasteiger partial charge in [-0.25, -0.2) is 9.59 Å². The quantitative estimate of drug-likeness (QED) is 0.297. The monoisotopic (exact) mass is 502 g/mol. The number of rotatable bonds is 8. The van der Waals surface area contributed by atoms with E-state index < -0.39 is 54.2 Å². The number of primary amides is 1. The molecule has 0 saturated carbocycles. The molecule has 1 aliphatic heterocycles. The van der Waals surface area contributed by atoms with Crippen LogP contribution in [0.5, 0.6) is 0 Å². The zero-order valence-electron chi connectivity index (χ0n) is 20.4. The van der Waals surface area contributed by atoms with E-state index in [1.165, 1.54) is 16.8 Å². The maximum Gasteiger partial charge on any atom is 0.408 e. The van der Waals surface area contributed by atoms with Gasteiger partial charge in [-0.2, -0.15) is 4.57 Å². The molecule has 1 saturated heterocycles. The number of alkyl carbamates (subject to hydrolysis) is 1. The smallest absolute Gasteiger partial charge is 0.408 e. The number of ether oxygens (including phenoxy) is 3. The largest absolute Gasteiger partial charge is 0.461 e. The number of carbonyl (C=O) groups excluding carboxylic acids is 3. The molecule has 0 bridgehead atoms. The number of nitrogens with one attached hydrogen (secondary N) is 1. The van der Waals surface area contributed by atoms with Crippen molar-refractivity contribution in [1.82, 2.24) is 5.32 Å². The molecule has 0 unspecified atom stereocenters. The van der Waals surface area contributed by atoms with Gasteiger partial charge in [-0.3, -0.25) is 4.79 Å². The van der Waals surface area contributed by atoms with Crippen LogP contribution in [-0.4, -0.2) is 64.7 Å². The second kappa shape index (κ2) is 11.5. The highest BCUT2D eigenvalue weighted by Crippen LogP contribution is 2.26. The van der Waals surface area contributed by atoms with Crippen molar-refractivity contribution in [1.29, 1.82) is 0 Å². The van der Waals surface area contributed by atoms with Gasteiger partial charge in [0.05, 0.1) is 0 Å². The molecule has 0 aliphatic carbocycles. The SMILES string of the molecule is CC(C)(C)OC(=O)N[C@@H](Cc1ccccc1)C(=O)OC[C@H]1O[C@@H]([n+]2cccc(C(N)=O)c2)[C@H](O)[C@@H]1O. The van der Waals surface area contributed by atoms with Gasteiger partial charge in [0.25, 0.3) is 12.1 Å². The molecule has 5 atom stereocenters. The van der Waals surface area contributed by atoms with E-state index in [4.69, 9.17) is 19.9 Å². The summed E-state index contributed by atoms with van der Waals surface area (Å²) in [5.74, 6) is -1.42. The number of pyridine rings is 1. The third-order valence-electron chi connectivity index (χ3n) is 5.39. The van der Waals surface area contributed by atoms with Crippen molar-refractivity contribution in [2.45, 2.75) is 63.4 Å². The predicted molar refractivity (Wildman–Crippen MR) is 125 cm³/mol. The molecule has 5 N–H and O–H groups in total. The highest BCUT2D eigenvalue weighted by atomic mass is 16.6. The number of carbonyl (C=O) groups is 3. The van der Waals surface area contributed by atoms with E-state index in [9.17, 15) is 24.6 Å². The number of hydrogen-bond donors (Lipinski definition) is 4. The van der Waals surface area contributed by atoms with Crippen LogP contribution in [0.4, 0.5) is 4.79 Å². The van der Waals surface area contributed by atoms with E-state index in [2.05, 4.69) is 5.32 Å². The minimum absolute atomic E-state index is 0.147. The molecule has 194 valence electrons. The van der Waals surface area contributed by atoms with Gasteiger partial charge in [0.2, 0.25) is 0 Å². The van der Waals surface area contributed by atoms with E-state index in [1.807, 2.05) is 6.07 Å². The zero-order valence-corrected chi connectivity index (χ0v) is 20.4. The lowest BCUT2D eigenvalue weighted by Crippen LogP contribution is -2.46. The molecule has 2 aromatic rings. The first kappa shape index (κ1) is 27.1. The van der Waals surface area contributed by atoms with Gasteiger partial charge >= 0.3 is 12.1 Å². The summed E-state index contributed by atoms with van der Waals surface area (Å²) in [6, 6.07) is 11.0. The van der Waals surface area contributed by atoms with Crippen molar-refractivity contribution in [3.05, 3.63) is 66.0 Å². The maximum atomic E-state index is 12.9. The molecule has 2 heterocycles. The Bertz CT molecular complexity index is 1070. The Kier molecular flexibility index (Phi) is 8.62. The van der Waals surface area contributed by atoms with Crippen LogP contribution in [0.3, 0.4) is 0 Å². The molecule has 1 aromatic heterocycles. The average Bonchev–Trinajstić information content (AvgIpc) is 3.10. The van der Waals surface area contributed by atoms with E-state index in [0.29, 0.717) is 0 Å². The fourth-order valence-electron chi connectivity index (χ4n) is 3.67. The minimum Gasteiger partial charge on any atom is -0.461 e. The number of benzene rings is 1. The summed E-state index contributed by atoms with van der Waals surface area (Å²) in [6.45, 7) is 4.73. The summed E-state index contributed by atoms with van der Waals surface area (Å²) in [6.07, 6.45) is -2.53. The molecule has 1 aliphatic rings. The zero-order chi connectivity index (χ0) is 26.5. The van der Waals surface area contributed by atoms with Crippen LogP contribution in [0.1, 0.15) is 42.9 Å². The van der Waals surface area contributed by atoms with Gasteiger partial charge in [0.15, 0.2) is 18.5 Å². The fourth-order valence-corrected chi connectivity index (χ4v) is 3.67. The molecule has 0 radical (unpaired) electrons. The van der Waals surface area contributed by atoms with Crippen molar-refractivity contribution in [2.75, 3.05) is 6.61 Å². The van der Waals surface area contributed by atoms with Gasteiger partial charge in [-0.15, -0.1) is 0 Å². The van der Waals surface area contributed by atoms with Gasteiger partial charge < -0.3 is 35.5 Å².